The highest BCUT2D eigenvalue weighted by Crippen LogP contribution is 2.45. The average Bonchev–Trinajstić information content (AvgIpc) is 3.90. The molecule has 0 saturated heterocycles. The number of aromatic hydroxyl groups is 1. The van der Waals surface area contributed by atoms with Gasteiger partial charge in [0.2, 0.25) is 0 Å². The topological polar surface area (TPSA) is 58.6 Å². The highest BCUT2D eigenvalue weighted by Gasteiger charge is 2.20. The van der Waals surface area contributed by atoms with E-state index in [9.17, 15) is 5.11 Å². The van der Waals surface area contributed by atoms with Crippen molar-refractivity contribution >= 4 is 76.9 Å². The van der Waals surface area contributed by atoms with Gasteiger partial charge in [0, 0.05) is 39.2 Å². The molecule has 0 fully saturated rings. The van der Waals surface area contributed by atoms with Gasteiger partial charge in [-0.05, 0) is 103 Å². The van der Waals surface area contributed by atoms with Gasteiger partial charge in [-0.3, -0.25) is 4.99 Å². The minimum atomic E-state index is -0.0629. The molecule has 9 aromatic carbocycles. The van der Waals surface area contributed by atoms with Crippen LogP contribution in [-0.4, -0.2) is 16.3 Å². The highest BCUT2D eigenvalue weighted by molar-refractivity contribution is 7.21. The third-order valence-electron chi connectivity index (χ3n) is 11.9. The molecule has 2 aromatic heterocycles. The minimum absolute atomic E-state index is 0.0629. The maximum atomic E-state index is 10.8. The van der Waals surface area contributed by atoms with E-state index < -0.39 is 0 Å². The van der Waals surface area contributed by atoms with E-state index in [2.05, 4.69) is 148 Å². The van der Waals surface area contributed by atoms with Crippen LogP contribution in [0, 0.1) is 0 Å². The maximum Gasteiger partial charge on any atom is 0.143 e. The lowest BCUT2D eigenvalue weighted by Crippen LogP contribution is -2.11. The number of nitrogens with zero attached hydrogens (tertiary/aromatic N) is 2. The van der Waals surface area contributed by atoms with E-state index in [-0.39, 0.29) is 11.2 Å². The van der Waals surface area contributed by atoms with E-state index in [1.54, 1.807) is 23.6 Å². The number of benzene rings is 9. The standard InChI is InChI=1S/C56H40N2O2S/c1-56(2,3)39-27-28-50(59)38(29-39)33-57-49-21-10-8-18-46(49)55-58-53-48(45-20-12-19-44-43-17-9-11-22-51(43)60-54(44)45)31-37(32-52(53)61-55)34-23-25-35(26-24-34)47-30-36-13-4-5-14-40(36)41-15-6-7-16-42(41)47/h4-33,59H,1-3H3. The van der Waals surface area contributed by atoms with Crippen LogP contribution in [0.4, 0.5) is 5.69 Å². The third-order valence-corrected chi connectivity index (χ3v) is 12.9. The lowest BCUT2D eigenvalue weighted by atomic mass is 9.86. The lowest BCUT2D eigenvalue weighted by molar-refractivity contribution is 0.473. The fourth-order valence-corrected chi connectivity index (χ4v) is 9.71. The molecule has 0 aliphatic carbocycles. The molecule has 1 N–H and O–H groups in total. The Bertz CT molecular complexity index is 3530. The summed E-state index contributed by atoms with van der Waals surface area (Å²) in [6.45, 7) is 6.50. The SMILES string of the molecule is CC(C)(C)c1ccc(O)c(C=Nc2ccccc2-c2nc3c(-c4cccc5c4oc4ccccc45)cc(-c4ccc(-c5cc6ccccc6c6ccccc56)cc4)cc3s2)c1. The summed E-state index contributed by atoms with van der Waals surface area (Å²) in [4.78, 5) is 10.3. The van der Waals surface area contributed by atoms with Gasteiger partial charge in [-0.1, -0.05) is 148 Å². The highest BCUT2D eigenvalue weighted by atomic mass is 32.1. The van der Waals surface area contributed by atoms with Gasteiger partial charge in [0.15, 0.2) is 0 Å². The summed E-state index contributed by atoms with van der Waals surface area (Å²) < 4.78 is 7.69. The van der Waals surface area contributed by atoms with Crippen molar-refractivity contribution in [2.75, 3.05) is 0 Å². The summed E-state index contributed by atoms with van der Waals surface area (Å²) in [7, 11) is 0. The fourth-order valence-electron chi connectivity index (χ4n) is 8.64. The van der Waals surface area contributed by atoms with Gasteiger partial charge in [0.05, 0.1) is 15.9 Å². The molecule has 0 spiro atoms. The van der Waals surface area contributed by atoms with E-state index in [1.165, 1.54) is 32.7 Å². The number of fused-ring (bicyclic) bond motifs is 7. The summed E-state index contributed by atoms with van der Waals surface area (Å²) in [6.07, 6.45) is 1.76. The predicted octanol–water partition coefficient (Wildman–Crippen LogP) is 15.9. The zero-order valence-corrected chi connectivity index (χ0v) is 34.8. The summed E-state index contributed by atoms with van der Waals surface area (Å²) >= 11 is 1.66. The molecule has 11 aromatic rings. The molecular formula is C56H40N2O2S. The molecule has 0 amide bonds. The van der Waals surface area contributed by atoms with Gasteiger partial charge >= 0.3 is 0 Å². The second kappa shape index (κ2) is 14.4. The number of phenols is 1. The zero-order valence-electron chi connectivity index (χ0n) is 34.0. The molecule has 4 nitrogen and oxygen atoms in total. The Morgan fingerprint density at radius 3 is 2.08 bits per heavy atom. The monoisotopic (exact) mass is 804 g/mol. The van der Waals surface area contributed by atoms with Crippen LogP contribution >= 0.6 is 11.3 Å². The van der Waals surface area contributed by atoms with Gasteiger partial charge < -0.3 is 9.52 Å². The molecule has 0 bridgehead atoms. The minimum Gasteiger partial charge on any atom is -0.507 e. The van der Waals surface area contributed by atoms with Crippen molar-refractivity contribution in [1.82, 2.24) is 4.98 Å². The Morgan fingerprint density at radius 2 is 1.25 bits per heavy atom. The molecule has 61 heavy (non-hydrogen) atoms. The number of para-hydroxylation sites is 3. The van der Waals surface area contributed by atoms with Crippen LogP contribution in [-0.2, 0) is 5.41 Å². The molecule has 0 atom stereocenters. The van der Waals surface area contributed by atoms with Crippen molar-refractivity contribution in [3.8, 4) is 49.7 Å². The number of aromatic nitrogens is 1. The first-order valence-corrected chi connectivity index (χ1v) is 21.4. The van der Waals surface area contributed by atoms with Crippen LogP contribution in [0.5, 0.6) is 5.75 Å². The largest absolute Gasteiger partial charge is 0.507 e. The first-order valence-electron chi connectivity index (χ1n) is 20.6. The second-order valence-electron chi connectivity index (χ2n) is 16.7. The van der Waals surface area contributed by atoms with Crippen LogP contribution < -0.4 is 0 Å². The Morgan fingerprint density at radius 1 is 0.557 bits per heavy atom. The Labute approximate surface area is 357 Å². The first-order chi connectivity index (χ1) is 29.8. The molecule has 0 radical (unpaired) electrons. The first kappa shape index (κ1) is 36.7. The number of furan rings is 1. The van der Waals surface area contributed by atoms with Crippen molar-refractivity contribution < 1.29 is 9.52 Å². The maximum absolute atomic E-state index is 10.8. The summed E-state index contributed by atoms with van der Waals surface area (Å²) in [5, 5.41) is 18.8. The van der Waals surface area contributed by atoms with Crippen molar-refractivity contribution in [2.45, 2.75) is 26.2 Å². The lowest BCUT2D eigenvalue weighted by Gasteiger charge is -2.19. The average molecular weight is 805 g/mol. The van der Waals surface area contributed by atoms with Gasteiger partial charge in [-0.15, -0.1) is 11.3 Å². The normalized spacial score (nSPS) is 12.2. The molecule has 2 heterocycles. The fraction of sp³-hybridized carbons (Fsp3) is 0.0714. The summed E-state index contributed by atoms with van der Waals surface area (Å²) in [5.41, 5.74) is 12.7. The van der Waals surface area contributed by atoms with E-state index in [0.717, 1.165) is 76.2 Å². The second-order valence-corrected chi connectivity index (χ2v) is 17.8. The molecular weight excluding hydrogens is 765 g/mol. The van der Waals surface area contributed by atoms with Crippen molar-refractivity contribution in [3.05, 3.63) is 187 Å². The van der Waals surface area contributed by atoms with Crippen LogP contribution in [0.15, 0.2) is 185 Å². The predicted molar refractivity (Wildman–Crippen MR) is 258 cm³/mol. The molecule has 0 aliphatic heterocycles. The number of rotatable bonds is 6. The third kappa shape index (κ3) is 6.46. The van der Waals surface area contributed by atoms with Crippen LogP contribution in [0.2, 0.25) is 0 Å². The summed E-state index contributed by atoms with van der Waals surface area (Å²) in [5.74, 6) is 0.199. The molecule has 11 rings (SSSR count). The number of hydrogen-bond acceptors (Lipinski definition) is 5. The Kier molecular flexibility index (Phi) is 8.69. The molecule has 0 unspecified atom stereocenters. The van der Waals surface area contributed by atoms with Gasteiger partial charge in [-0.2, -0.15) is 0 Å². The van der Waals surface area contributed by atoms with E-state index in [0.29, 0.717) is 5.56 Å². The smallest absolute Gasteiger partial charge is 0.143 e. The van der Waals surface area contributed by atoms with E-state index >= 15 is 0 Å². The molecule has 0 saturated carbocycles. The molecule has 5 heteroatoms. The van der Waals surface area contributed by atoms with Crippen molar-refractivity contribution in [2.24, 2.45) is 4.99 Å². The molecule has 292 valence electrons. The number of aliphatic imine (C=N–C) groups is 1. The van der Waals surface area contributed by atoms with Gasteiger partial charge in [-0.25, -0.2) is 4.98 Å². The van der Waals surface area contributed by atoms with Crippen molar-refractivity contribution in [3.63, 3.8) is 0 Å². The van der Waals surface area contributed by atoms with Crippen molar-refractivity contribution in [1.29, 1.82) is 0 Å². The molecule has 0 aliphatic rings. The van der Waals surface area contributed by atoms with E-state index in [4.69, 9.17) is 14.4 Å². The van der Waals surface area contributed by atoms with Gasteiger partial charge in [0.1, 0.15) is 21.9 Å². The van der Waals surface area contributed by atoms with Crippen LogP contribution in [0.3, 0.4) is 0 Å². The number of phenolic OH excluding ortho intramolecular Hbond substituents is 1. The van der Waals surface area contributed by atoms with Crippen LogP contribution in [0.1, 0.15) is 31.9 Å². The van der Waals surface area contributed by atoms with Crippen LogP contribution in [0.25, 0.3) is 97.7 Å². The Balaban J connectivity index is 1.06. The quantitative estimate of drug-likeness (QED) is 0.135. The zero-order chi connectivity index (χ0) is 41.2. The summed E-state index contributed by atoms with van der Waals surface area (Å²) in [6, 6.07) is 61.6. The van der Waals surface area contributed by atoms with E-state index in [1.807, 2.05) is 42.5 Å². The Hall–Kier alpha value is -7.34. The number of thiazole rings is 1. The van der Waals surface area contributed by atoms with Gasteiger partial charge in [0.25, 0.3) is 0 Å². The number of hydrogen-bond donors (Lipinski definition) is 1.